The number of rotatable bonds is 4. The van der Waals surface area contributed by atoms with Gasteiger partial charge in [0.1, 0.15) is 6.04 Å². The van der Waals surface area contributed by atoms with Crippen LogP contribution in [0.4, 0.5) is 5.69 Å². The number of nitrogens with one attached hydrogen (secondary N) is 1. The van der Waals surface area contributed by atoms with Crippen LogP contribution in [0.25, 0.3) is 0 Å². The fraction of sp³-hybridized carbons (Fsp3) is 0.667. The summed E-state index contributed by atoms with van der Waals surface area (Å²) in [7, 11) is -3.79. The molecule has 0 spiro atoms. The van der Waals surface area contributed by atoms with Crippen LogP contribution in [0, 0.1) is 0 Å². The first-order valence-corrected chi connectivity index (χ1v) is 13.5. The second-order valence-corrected chi connectivity index (χ2v) is 11.4. The van der Waals surface area contributed by atoms with E-state index in [1.165, 1.54) is 30.5 Å². The van der Waals surface area contributed by atoms with E-state index in [1.807, 2.05) is 6.92 Å². The number of fused-ring (bicyclic) bond motifs is 1. The fourth-order valence-electron chi connectivity index (χ4n) is 5.57. The lowest BCUT2D eigenvalue weighted by molar-refractivity contribution is -0.125. The maximum Gasteiger partial charge on any atom is 0.243 e. The Balaban J connectivity index is 1.51. The first-order valence-electron chi connectivity index (χ1n) is 12.0. The predicted molar refractivity (Wildman–Crippen MR) is 124 cm³/mol. The van der Waals surface area contributed by atoms with Gasteiger partial charge >= 0.3 is 0 Å². The molecule has 176 valence electrons. The third-order valence-electron chi connectivity index (χ3n) is 7.17. The van der Waals surface area contributed by atoms with Crippen molar-refractivity contribution >= 4 is 27.5 Å². The number of carbonyl (C=O) groups excluding carboxylic acids is 2. The normalized spacial score (nSPS) is 25.2. The predicted octanol–water partition coefficient (Wildman–Crippen LogP) is 3.37. The molecule has 0 bridgehead atoms. The monoisotopic (exact) mass is 461 g/mol. The van der Waals surface area contributed by atoms with Crippen LogP contribution in [0.15, 0.2) is 23.1 Å². The third kappa shape index (κ3) is 4.57. The van der Waals surface area contributed by atoms with E-state index in [0.717, 1.165) is 36.9 Å². The van der Waals surface area contributed by atoms with E-state index < -0.39 is 16.1 Å². The molecule has 2 amide bonds. The summed E-state index contributed by atoms with van der Waals surface area (Å²) in [4.78, 5) is 27.0. The Kier molecular flexibility index (Phi) is 6.91. The number of hydrogen-bond donors (Lipinski definition) is 1. The minimum Gasteiger partial charge on any atom is -0.352 e. The highest BCUT2D eigenvalue weighted by atomic mass is 32.2. The first kappa shape index (κ1) is 23.2. The number of sulfonamides is 1. The SMILES string of the molecule is CC(=O)N1c2ccc(S(=O)(=O)N3CCC[C@H]3C(=O)NC3CCCCCCC3)cc2C[C@@H]1C. The average molecular weight is 462 g/mol. The van der Waals surface area contributed by atoms with Crippen molar-refractivity contribution in [2.75, 3.05) is 11.4 Å². The number of nitrogens with zero attached hydrogens (tertiary/aromatic N) is 2. The average Bonchev–Trinajstić information content (AvgIpc) is 3.33. The molecule has 3 aliphatic rings. The zero-order valence-electron chi connectivity index (χ0n) is 19.2. The van der Waals surface area contributed by atoms with Gasteiger partial charge in [-0.3, -0.25) is 9.59 Å². The molecule has 1 aromatic carbocycles. The van der Waals surface area contributed by atoms with Gasteiger partial charge in [0.15, 0.2) is 0 Å². The van der Waals surface area contributed by atoms with Crippen LogP contribution in [0.5, 0.6) is 0 Å². The second-order valence-electron chi connectivity index (χ2n) is 9.56. The van der Waals surface area contributed by atoms with Crippen LogP contribution in [0.1, 0.15) is 77.2 Å². The maximum absolute atomic E-state index is 13.5. The summed E-state index contributed by atoms with van der Waals surface area (Å²) in [5.41, 5.74) is 1.65. The molecule has 2 atom stereocenters. The van der Waals surface area contributed by atoms with Gasteiger partial charge in [-0.05, 0) is 62.8 Å². The van der Waals surface area contributed by atoms with Gasteiger partial charge < -0.3 is 10.2 Å². The largest absolute Gasteiger partial charge is 0.352 e. The van der Waals surface area contributed by atoms with E-state index in [1.54, 1.807) is 23.1 Å². The van der Waals surface area contributed by atoms with Crippen molar-refractivity contribution in [3.63, 3.8) is 0 Å². The highest BCUT2D eigenvalue weighted by Crippen LogP contribution is 2.35. The summed E-state index contributed by atoms with van der Waals surface area (Å²) in [5.74, 6) is -0.202. The minimum absolute atomic E-state index is 0.00884. The molecule has 0 unspecified atom stereocenters. The Hall–Kier alpha value is -1.93. The Labute approximate surface area is 191 Å². The summed E-state index contributed by atoms with van der Waals surface area (Å²) >= 11 is 0. The lowest BCUT2D eigenvalue weighted by Gasteiger charge is -2.27. The Morgan fingerprint density at radius 3 is 2.38 bits per heavy atom. The van der Waals surface area contributed by atoms with Crippen LogP contribution in [0.3, 0.4) is 0 Å². The molecule has 1 aliphatic carbocycles. The summed E-state index contributed by atoms with van der Waals surface area (Å²) in [6, 6.07) is 4.50. The maximum atomic E-state index is 13.5. The van der Waals surface area contributed by atoms with Gasteiger partial charge in [-0.25, -0.2) is 8.42 Å². The van der Waals surface area contributed by atoms with Gasteiger partial charge in [-0.15, -0.1) is 0 Å². The third-order valence-corrected chi connectivity index (χ3v) is 9.07. The number of carbonyl (C=O) groups is 2. The molecule has 1 N–H and O–H groups in total. The molecule has 2 fully saturated rings. The van der Waals surface area contributed by atoms with Crippen molar-refractivity contribution in [3.05, 3.63) is 23.8 Å². The summed E-state index contributed by atoms with van der Waals surface area (Å²) < 4.78 is 28.4. The van der Waals surface area contributed by atoms with E-state index in [9.17, 15) is 18.0 Å². The molecule has 4 rings (SSSR count). The molecule has 2 aliphatic heterocycles. The van der Waals surface area contributed by atoms with Gasteiger partial charge in [0.25, 0.3) is 0 Å². The van der Waals surface area contributed by atoms with Crippen LogP contribution in [0.2, 0.25) is 0 Å². The highest BCUT2D eigenvalue weighted by molar-refractivity contribution is 7.89. The van der Waals surface area contributed by atoms with Crippen LogP contribution >= 0.6 is 0 Å². The van der Waals surface area contributed by atoms with Gasteiger partial charge in [-0.1, -0.05) is 32.1 Å². The number of anilines is 1. The number of hydrogen-bond acceptors (Lipinski definition) is 4. The molecule has 8 heteroatoms. The van der Waals surface area contributed by atoms with Gasteiger partial charge in [0.2, 0.25) is 21.8 Å². The first-order chi connectivity index (χ1) is 15.3. The number of amides is 2. The summed E-state index contributed by atoms with van der Waals surface area (Å²) in [6.07, 6.45) is 9.71. The van der Waals surface area contributed by atoms with Crippen LogP contribution in [-0.2, 0) is 26.0 Å². The van der Waals surface area contributed by atoms with E-state index in [-0.39, 0.29) is 28.8 Å². The Morgan fingerprint density at radius 2 is 1.69 bits per heavy atom. The summed E-state index contributed by atoms with van der Waals surface area (Å²) in [5, 5.41) is 3.16. The lowest BCUT2D eigenvalue weighted by Crippen LogP contribution is -2.48. The fourth-order valence-corrected chi connectivity index (χ4v) is 7.28. The van der Waals surface area contributed by atoms with Crippen LogP contribution in [-0.4, -0.2) is 49.2 Å². The smallest absolute Gasteiger partial charge is 0.243 e. The van der Waals surface area contributed by atoms with E-state index in [2.05, 4.69) is 5.32 Å². The zero-order valence-corrected chi connectivity index (χ0v) is 20.0. The van der Waals surface area contributed by atoms with Gasteiger partial charge in [0.05, 0.1) is 4.90 Å². The van der Waals surface area contributed by atoms with Crippen molar-refractivity contribution in [1.29, 1.82) is 0 Å². The van der Waals surface area contributed by atoms with Crippen LogP contribution < -0.4 is 10.2 Å². The van der Waals surface area contributed by atoms with Crippen molar-refractivity contribution in [2.24, 2.45) is 0 Å². The topological polar surface area (TPSA) is 86.8 Å². The van der Waals surface area contributed by atoms with E-state index in [4.69, 9.17) is 0 Å². The quantitative estimate of drug-likeness (QED) is 0.745. The molecular formula is C24H35N3O4S. The Bertz CT molecular complexity index is 969. The van der Waals surface area contributed by atoms with Crippen molar-refractivity contribution in [2.45, 2.75) is 101 Å². The highest BCUT2D eigenvalue weighted by Gasteiger charge is 2.40. The molecular weight excluding hydrogens is 426 g/mol. The summed E-state index contributed by atoms with van der Waals surface area (Å²) in [6.45, 7) is 3.85. The molecule has 7 nitrogen and oxygen atoms in total. The molecule has 0 radical (unpaired) electrons. The molecule has 1 saturated heterocycles. The molecule has 0 aromatic heterocycles. The van der Waals surface area contributed by atoms with Crippen molar-refractivity contribution < 1.29 is 18.0 Å². The second kappa shape index (κ2) is 9.51. The Morgan fingerprint density at radius 1 is 1.00 bits per heavy atom. The van der Waals surface area contributed by atoms with E-state index in [0.29, 0.717) is 25.8 Å². The van der Waals surface area contributed by atoms with Crippen molar-refractivity contribution in [1.82, 2.24) is 9.62 Å². The van der Waals surface area contributed by atoms with Gasteiger partial charge in [-0.2, -0.15) is 4.31 Å². The molecule has 2 heterocycles. The van der Waals surface area contributed by atoms with E-state index >= 15 is 0 Å². The lowest BCUT2D eigenvalue weighted by atomic mass is 9.96. The number of benzene rings is 1. The molecule has 1 saturated carbocycles. The minimum atomic E-state index is -3.79. The zero-order chi connectivity index (χ0) is 22.9. The molecule has 32 heavy (non-hydrogen) atoms. The van der Waals surface area contributed by atoms with Gasteiger partial charge in [0, 0.05) is 31.2 Å². The molecule has 1 aromatic rings. The standard InChI is InChI=1S/C24H35N3O4S/c1-17-15-19-16-21(12-13-22(19)27(17)18(2)28)32(30,31)26-14-8-11-23(26)24(29)25-20-9-6-4-3-5-7-10-20/h12-13,16-17,20,23H,3-11,14-15H2,1-2H3,(H,25,29)/t17-,23-/m0/s1. The van der Waals surface area contributed by atoms with Crippen molar-refractivity contribution in [3.8, 4) is 0 Å².